The van der Waals surface area contributed by atoms with Gasteiger partial charge in [-0.1, -0.05) is 6.07 Å². The highest BCUT2D eigenvalue weighted by Gasteiger charge is 2.31. The summed E-state index contributed by atoms with van der Waals surface area (Å²) in [7, 11) is -3.84. The second-order valence-corrected chi connectivity index (χ2v) is 11.0. The maximum Gasteiger partial charge on any atom is 0.390 e. The van der Waals surface area contributed by atoms with Crippen molar-refractivity contribution in [3.63, 3.8) is 0 Å². The van der Waals surface area contributed by atoms with Gasteiger partial charge in [-0.25, -0.2) is 17.9 Å². The molecule has 4 rings (SSSR count). The fourth-order valence-electron chi connectivity index (χ4n) is 5.26. The second kappa shape index (κ2) is 9.21. The van der Waals surface area contributed by atoms with Crippen LogP contribution in [0.5, 0.6) is 0 Å². The number of fused-ring (bicyclic) bond motifs is 2. The van der Waals surface area contributed by atoms with Crippen LogP contribution in [0.15, 0.2) is 6.07 Å². The first-order valence-corrected chi connectivity index (χ1v) is 13.0. The topological polar surface area (TPSA) is 78.5 Å². The van der Waals surface area contributed by atoms with Crippen molar-refractivity contribution in [1.82, 2.24) is 9.62 Å². The van der Waals surface area contributed by atoms with Crippen LogP contribution < -0.4 is 10.0 Å². The Morgan fingerprint density at radius 2 is 1.62 bits per heavy atom. The van der Waals surface area contributed by atoms with Gasteiger partial charge in [0.25, 0.3) is 0 Å². The predicted octanol–water partition coefficient (Wildman–Crippen LogP) is 3.78. The van der Waals surface area contributed by atoms with Crippen molar-refractivity contribution in [1.29, 1.82) is 0 Å². The van der Waals surface area contributed by atoms with E-state index in [2.05, 4.69) is 16.1 Å². The molecule has 3 aliphatic rings. The highest BCUT2D eigenvalue weighted by atomic mass is 32.2. The number of likely N-dealkylation sites (tertiary alicyclic amines) is 1. The van der Waals surface area contributed by atoms with Gasteiger partial charge in [0.1, 0.15) is 0 Å². The lowest BCUT2D eigenvalue weighted by molar-refractivity contribution is -0.138. The Hall–Kier alpha value is -1.81. The molecule has 32 heavy (non-hydrogen) atoms. The summed E-state index contributed by atoms with van der Waals surface area (Å²) in [6.07, 6.45) is 1.78. The Morgan fingerprint density at radius 3 is 2.19 bits per heavy atom. The number of alkyl halides is 3. The van der Waals surface area contributed by atoms with Gasteiger partial charge in [0, 0.05) is 12.2 Å². The highest BCUT2D eigenvalue weighted by molar-refractivity contribution is 7.90. The third kappa shape index (κ3) is 5.75. The molecule has 0 bridgehead atoms. The molecule has 0 spiro atoms. The van der Waals surface area contributed by atoms with Gasteiger partial charge >= 0.3 is 12.2 Å². The Kier molecular flexibility index (Phi) is 6.72. The van der Waals surface area contributed by atoms with Crippen LogP contribution in [0.1, 0.15) is 54.4 Å². The van der Waals surface area contributed by atoms with Crippen LogP contribution in [0.25, 0.3) is 0 Å². The monoisotopic (exact) mass is 473 g/mol. The molecule has 0 atom stereocenters. The number of rotatable bonds is 6. The number of piperidine rings is 1. The average molecular weight is 474 g/mol. The van der Waals surface area contributed by atoms with Crippen LogP contribution in [0.2, 0.25) is 0 Å². The van der Waals surface area contributed by atoms with Gasteiger partial charge in [0.2, 0.25) is 10.0 Å². The highest BCUT2D eigenvalue weighted by Crippen LogP contribution is 2.38. The number of nitrogens with zero attached hydrogens (tertiary/aromatic N) is 1. The minimum absolute atomic E-state index is 0.0602. The average Bonchev–Trinajstić information content (AvgIpc) is 3.35. The summed E-state index contributed by atoms with van der Waals surface area (Å²) in [5.41, 5.74) is 5.55. The number of anilines is 1. The number of amides is 2. The summed E-state index contributed by atoms with van der Waals surface area (Å²) < 4.78 is 64.4. The molecule has 1 fully saturated rings. The van der Waals surface area contributed by atoms with Gasteiger partial charge in [-0.15, -0.1) is 0 Å². The number of hydrogen-bond acceptors (Lipinski definition) is 4. The maximum atomic E-state index is 12.6. The zero-order valence-corrected chi connectivity index (χ0v) is 18.9. The van der Waals surface area contributed by atoms with Crippen LogP contribution >= 0.6 is 0 Å². The number of urea groups is 1. The molecule has 1 aromatic rings. The number of sulfonamides is 1. The van der Waals surface area contributed by atoms with E-state index in [1.807, 2.05) is 0 Å². The van der Waals surface area contributed by atoms with E-state index in [1.54, 1.807) is 4.90 Å². The molecule has 10 heteroatoms. The van der Waals surface area contributed by atoms with E-state index in [0.717, 1.165) is 55.3 Å². The number of carbonyl (C=O) groups excluding carboxylic acids is 1. The Balaban J connectivity index is 1.31. The third-order valence-corrected chi connectivity index (χ3v) is 8.24. The molecule has 1 aliphatic heterocycles. The molecule has 6 nitrogen and oxygen atoms in total. The van der Waals surface area contributed by atoms with E-state index in [4.69, 9.17) is 0 Å². The lowest BCUT2D eigenvalue weighted by atomic mass is 9.99. The van der Waals surface area contributed by atoms with Crippen molar-refractivity contribution in [2.75, 3.05) is 30.7 Å². The molecule has 2 aliphatic carbocycles. The SMILES string of the molecule is O=C(Nc1c2c(cc3c1CCC3)CCC2)NS(=O)(=O)CC1CCN(CCC(F)(F)F)CC1. The second-order valence-electron chi connectivity index (χ2n) is 9.22. The van der Waals surface area contributed by atoms with Crippen molar-refractivity contribution in [2.24, 2.45) is 5.92 Å². The Labute approximate surface area is 187 Å². The van der Waals surface area contributed by atoms with Gasteiger partial charge in [0.15, 0.2) is 0 Å². The molecule has 1 heterocycles. The number of benzene rings is 1. The summed E-state index contributed by atoms with van der Waals surface area (Å²) in [6, 6.07) is 1.51. The standard InChI is InChI=1S/C22H30F3N3O3S/c23-22(24,25)9-12-28-10-7-15(8-11-28)14-32(30,31)27-21(29)26-20-18-5-1-3-16(18)13-17-4-2-6-19(17)20/h13,15H,1-12,14H2,(H2,26,27,29). The quantitative estimate of drug-likeness (QED) is 0.659. The van der Waals surface area contributed by atoms with Gasteiger partial charge in [0.05, 0.1) is 12.2 Å². The predicted molar refractivity (Wildman–Crippen MR) is 116 cm³/mol. The van der Waals surface area contributed by atoms with E-state index in [-0.39, 0.29) is 18.2 Å². The first-order valence-electron chi connectivity index (χ1n) is 11.4. The number of hydrogen-bond donors (Lipinski definition) is 2. The largest absolute Gasteiger partial charge is 0.390 e. The zero-order chi connectivity index (χ0) is 22.9. The van der Waals surface area contributed by atoms with Crippen LogP contribution in [0.3, 0.4) is 0 Å². The molecule has 1 saturated heterocycles. The molecule has 2 N–H and O–H groups in total. The Morgan fingerprint density at radius 1 is 1.03 bits per heavy atom. The maximum absolute atomic E-state index is 12.6. The van der Waals surface area contributed by atoms with Gasteiger partial charge in [-0.3, -0.25) is 0 Å². The van der Waals surface area contributed by atoms with E-state index in [0.29, 0.717) is 25.9 Å². The van der Waals surface area contributed by atoms with Gasteiger partial charge in [-0.05, 0) is 92.6 Å². The lowest BCUT2D eigenvalue weighted by Gasteiger charge is -2.31. The number of carbonyl (C=O) groups is 1. The Bertz CT molecular complexity index is 939. The normalized spacial score (nSPS) is 19.6. The first kappa shape index (κ1) is 23.4. The van der Waals surface area contributed by atoms with E-state index < -0.39 is 28.7 Å². The zero-order valence-electron chi connectivity index (χ0n) is 18.1. The molecular weight excluding hydrogens is 443 g/mol. The van der Waals surface area contributed by atoms with Crippen molar-refractivity contribution < 1.29 is 26.4 Å². The molecule has 0 saturated carbocycles. The van der Waals surface area contributed by atoms with Crippen LogP contribution in [0.4, 0.5) is 23.7 Å². The van der Waals surface area contributed by atoms with Crippen molar-refractivity contribution in [3.05, 3.63) is 28.3 Å². The van der Waals surface area contributed by atoms with Crippen LogP contribution in [-0.4, -0.2) is 50.9 Å². The molecular formula is C22H30F3N3O3S. The van der Waals surface area contributed by atoms with Crippen molar-refractivity contribution >= 4 is 21.7 Å². The number of aryl methyl sites for hydroxylation is 2. The summed E-state index contributed by atoms with van der Waals surface area (Å²) >= 11 is 0. The van der Waals surface area contributed by atoms with E-state index in [1.165, 1.54) is 11.1 Å². The van der Waals surface area contributed by atoms with E-state index >= 15 is 0 Å². The van der Waals surface area contributed by atoms with Crippen LogP contribution in [-0.2, 0) is 35.7 Å². The van der Waals surface area contributed by atoms with Gasteiger partial charge < -0.3 is 10.2 Å². The third-order valence-electron chi connectivity index (χ3n) is 6.83. The molecule has 178 valence electrons. The smallest absolute Gasteiger partial charge is 0.307 e. The summed E-state index contributed by atoms with van der Waals surface area (Å²) in [5.74, 6) is -0.369. The molecule has 0 aromatic heterocycles. The van der Waals surface area contributed by atoms with E-state index in [9.17, 15) is 26.4 Å². The first-order chi connectivity index (χ1) is 15.1. The molecule has 0 radical (unpaired) electrons. The minimum atomic E-state index is -4.18. The molecule has 0 unspecified atom stereocenters. The molecule has 1 aromatic carbocycles. The summed E-state index contributed by atoms with van der Waals surface area (Å²) in [4.78, 5) is 14.3. The summed E-state index contributed by atoms with van der Waals surface area (Å²) in [6.45, 7) is 0.810. The fourth-order valence-corrected chi connectivity index (χ4v) is 6.63. The fraction of sp³-hybridized carbons (Fsp3) is 0.682. The lowest BCUT2D eigenvalue weighted by Crippen LogP contribution is -2.41. The van der Waals surface area contributed by atoms with Crippen molar-refractivity contribution in [3.8, 4) is 0 Å². The van der Waals surface area contributed by atoms with Crippen LogP contribution in [0, 0.1) is 5.92 Å². The van der Waals surface area contributed by atoms with Gasteiger partial charge in [-0.2, -0.15) is 13.2 Å². The summed E-state index contributed by atoms with van der Waals surface area (Å²) in [5, 5.41) is 2.83. The number of halogens is 3. The minimum Gasteiger partial charge on any atom is -0.307 e. The van der Waals surface area contributed by atoms with Crippen molar-refractivity contribution in [2.45, 2.75) is 64.0 Å². The molecule has 2 amide bonds. The number of nitrogens with one attached hydrogen (secondary N) is 2.